The number of ether oxygens (including phenoxy) is 3. The van der Waals surface area contributed by atoms with Crippen LogP contribution in [0.1, 0.15) is 13.8 Å². The third kappa shape index (κ3) is 4.73. The summed E-state index contributed by atoms with van der Waals surface area (Å²) in [5.74, 6) is 1.74. The van der Waals surface area contributed by atoms with E-state index in [2.05, 4.69) is 5.32 Å². The molecule has 0 aliphatic carbocycles. The molecule has 0 atom stereocenters. The van der Waals surface area contributed by atoms with Gasteiger partial charge in [-0.15, -0.1) is 0 Å². The summed E-state index contributed by atoms with van der Waals surface area (Å²) in [7, 11) is 1.57. The molecular formula is C21H24N2O5. The number of carbonyl (C=O) groups excluding carboxylic acids is 2. The molecule has 28 heavy (non-hydrogen) atoms. The summed E-state index contributed by atoms with van der Waals surface area (Å²) >= 11 is 0. The number of nitrogens with one attached hydrogen (secondary N) is 1. The van der Waals surface area contributed by atoms with E-state index in [-0.39, 0.29) is 25.0 Å². The van der Waals surface area contributed by atoms with Gasteiger partial charge in [-0.3, -0.25) is 9.59 Å². The molecule has 7 heteroatoms. The van der Waals surface area contributed by atoms with Gasteiger partial charge in [0.15, 0.2) is 13.2 Å². The van der Waals surface area contributed by atoms with Gasteiger partial charge in [0.25, 0.3) is 11.8 Å². The minimum absolute atomic E-state index is 0.0276. The van der Waals surface area contributed by atoms with Gasteiger partial charge in [-0.05, 0) is 36.2 Å². The number of rotatable bonds is 7. The second-order valence-corrected chi connectivity index (χ2v) is 6.89. The molecule has 1 aliphatic rings. The van der Waals surface area contributed by atoms with Gasteiger partial charge in [0.05, 0.1) is 12.8 Å². The summed E-state index contributed by atoms with van der Waals surface area (Å²) in [5, 5.41) is 2.79. The SMILES string of the molecule is COc1cccc(OCC(=O)Nc2ccc3c(c2)N(CC(C)C)C(=O)CO3)c1. The normalized spacial score (nSPS) is 13.0. The molecule has 0 saturated carbocycles. The Morgan fingerprint density at radius 3 is 2.75 bits per heavy atom. The van der Waals surface area contributed by atoms with Gasteiger partial charge in [-0.2, -0.15) is 0 Å². The topological polar surface area (TPSA) is 77.1 Å². The molecule has 2 amide bonds. The van der Waals surface area contributed by atoms with E-state index in [1.54, 1.807) is 54.5 Å². The number of nitrogens with zero attached hydrogens (tertiary/aromatic N) is 1. The number of carbonyl (C=O) groups is 2. The predicted octanol–water partition coefficient (Wildman–Crippen LogP) is 3.09. The summed E-state index contributed by atoms with van der Waals surface area (Å²) in [6, 6.07) is 12.3. The Morgan fingerprint density at radius 1 is 1.21 bits per heavy atom. The van der Waals surface area contributed by atoms with E-state index in [4.69, 9.17) is 14.2 Å². The first-order valence-electron chi connectivity index (χ1n) is 9.10. The Hall–Kier alpha value is -3.22. The number of hydrogen-bond acceptors (Lipinski definition) is 5. The maximum Gasteiger partial charge on any atom is 0.265 e. The van der Waals surface area contributed by atoms with Crippen molar-refractivity contribution in [1.82, 2.24) is 0 Å². The fourth-order valence-electron chi connectivity index (χ4n) is 2.88. The minimum Gasteiger partial charge on any atom is -0.497 e. The Morgan fingerprint density at radius 2 is 2.00 bits per heavy atom. The third-order valence-corrected chi connectivity index (χ3v) is 4.14. The molecule has 0 aromatic heterocycles. The van der Waals surface area contributed by atoms with Gasteiger partial charge in [-0.1, -0.05) is 19.9 Å². The smallest absolute Gasteiger partial charge is 0.265 e. The summed E-state index contributed by atoms with van der Waals surface area (Å²) in [5.41, 5.74) is 1.24. The molecule has 148 valence electrons. The second-order valence-electron chi connectivity index (χ2n) is 6.89. The monoisotopic (exact) mass is 384 g/mol. The van der Waals surface area contributed by atoms with Crippen LogP contribution in [-0.2, 0) is 9.59 Å². The van der Waals surface area contributed by atoms with E-state index in [0.717, 1.165) is 0 Å². The van der Waals surface area contributed by atoms with Crippen molar-refractivity contribution in [3.8, 4) is 17.2 Å². The molecule has 0 unspecified atom stereocenters. The fraction of sp³-hybridized carbons (Fsp3) is 0.333. The van der Waals surface area contributed by atoms with Crippen molar-refractivity contribution in [1.29, 1.82) is 0 Å². The van der Waals surface area contributed by atoms with E-state index < -0.39 is 0 Å². The zero-order chi connectivity index (χ0) is 20.1. The van der Waals surface area contributed by atoms with E-state index in [9.17, 15) is 9.59 Å². The van der Waals surface area contributed by atoms with Crippen LogP contribution >= 0.6 is 0 Å². The fourth-order valence-corrected chi connectivity index (χ4v) is 2.88. The van der Waals surface area contributed by atoms with Crippen LogP contribution in [0, 0.1) is 5.92 Å². The third-order valence-electron chi connectivity index (χ3n) is 4.14. The van der Waals surface area contributed by atoms with Crippen LogP contribution in [-0.4, -0.2) is 38.7 Å². The molecule has 1 aliphatic heterocycles. The summed E-state index contributed by atoms with van der Waals surface area (Å²) in [6.45, 7) is 4.56. The predicted molar refractivity (Wildman–Crippen MR) is 106 cm³/mol. The van der Waals surface area contributed by atoms with Crippen LogP contribution in [0.4, 0.5) is 11.4 Å². The van der Waals surface area contributed by atoms with Crippen LogP contribution in [0.3, 0.4) is 0 Å². The van der Waals surface area contributed by atoms with Crippen molar-refractivity contribution in [2.75, 3.05) is 37.1 Å². The first kappa shape index (κ1) is 19.5. The zero-order valence-corrected chi connectivity index (χ0v) is 16.2. The summed E-state index contributed by atoms with van der Waals surface area (Å²) < 4.78 is 16.1. The average molecular weight is 384 g/mol. The molecule has 0 fully saturated rings. The van der Waals surface area contributed by atoms with Crippen LogP contribution in [0.2, 0.25) is 0 Å². The molecule has 3 rings (SSSR count). The first-order valence-corrected chi connectivity index (χ1v) is 9.10. The van der Waals surface area contributed by atoms with E-state index >= 15 is 0 Å². The molecule has 0 bridgehead atoms. The number of anilines is 2. The highest BCUT2D eigenvalue weighted by molar-refractivity contribution is 5.99. The first-order chi connectivity index (χ1) is 13.5. The van der Waals surface area contributed by atoms with Crippen molar-refractivity contribution < 1.29 is 23.8 Å². The maximum atomic E-state index is 12.3. The van der Waals surface area contributed by atoms with Crippen LogP contribution in [0.5, 0.6) is 17.2 Å². The largest absolute Gasteiger partial charge is 0.497 e. The summed E-state index contributed by atoms with van der Waals surface area (Å²) in [4.78, 5) is 26.2. The van der Waals surface area contributed by atoms with Crippen molar-refractivity contribution in [3.63, 3.8) is 0 Å². The number of hydrogen-bond donors (Lipinski definition) is 1. The number of amides is 2. The molecule has 2 aromatic rings. The van der Waals surface area contributed by atoms with Crippen LogP contribution in [0.25, 0.3) is 0 Å². The van der Waals surface area contributed by atoms with Gasteiger partial charge in [-0.25, -0.2) is 0 Å². The molecule has 7 nitrogen and oxygen atoms in total. The quantitative estimate of drug-likeness (QED) is 0.794. The highest BCUT2D eigenvalue weighted by atomic mass is 16.5. The maximum absolute atomic E-state index is 12.3. The lowest BCUT2D eigenvalue weighted by Crippen LogP contribution is -2.41. The van der Waals surface area contributed by atoms with E-state index in [0.29, 0.717) is 41.1 Å². The number of benzene rings is 2. The Kier molecular flexibility index (Phi) is 6.03. The highest BCUT2D eigenvalue weighted by Gasteiger charge is 2.26. The number of methoxy groups -OCH3 is 1. The molecule has 1 heterocycles. The van der Waals surface area contributed by atoms with Gasteiger partial charge in [0, 0.05) is 18.3 Å². The molecule has 1 N–H and O–H groups in total. The Bertz CT molecular complexity index is 866. The minimum atomic E-state index is -0.304. The van der Waals surface area contributed by atoms with Crippen LogP contribution < -0.4 is 24.4 Å². The lowest BCUT2D eigenvalue weighted by Gasteiger charge is -2.31. The van der Waals surface area contributed by atoms with Gasteiger partial charge < -0.3 is 24.4 Å². The molecule has 2 aromatic carbocycles. The summed E-state index contributed by atoms with van der Waals surface area (Å²) in [6.07, 6.45) is 0. The zero-order valence-electron chi connectivity index (χ0n) is 16.2. The molecule has 0 spiro atoms. The van der Waals surface area contributed by atoms with E-state index in [1.165, 1.54) is 0 Å². The van der Waals surface area contributed by atoms with Gasteiger partial charge in [0.1, 0.15) is 17.2 Å². The lowest BCUT2D eigenvalue weighted by molar-refractivity contribution is -0.121. The average Bonchev–Trinajstić information content (AvgIpc) is 2.68. The molecule has 0 saturated heterocycles. The van der Waals surface area contributed by atoms with Crippen molar-refractivity contribution in [3.05, 3.63) is 42.5 Å². The molecular weight excluding hydrogens is 360 g/mol. The van der Waals surface area contributed by atoms with Crippen molar-refractivity contribution in [2.24, 2.45) is 5.92 Å². The van der Waals surface area contributed by atoms with Crippen LogP contribution in [0.15, 0.2) is 42.5 Å². The van der Waals surface area contributed by atoms with Gasteiger partial charge in [0.2, 0.25) is 0 Å². The Labute approximate surface area is 164 Å². The lowest BCUT2D eigenvalue weighted by atomic mass is 10.1. The standard InChI is InChI=1S/C21H24N2O5/c1-14(2)11-23-18-9-15(7-8-19(18)28-13-21(23)25)22-20(24)12-27-17-6-4-5-16(10-17)26-3/h4-10,14H,11-13H2,1-3H3,(H,22,24). The van der Waals surface area contributed by atoms with Crippen molar-refractivity contribution >= 4 is 23.2 Å². The second kappa shape index (κ2) is 8.65. The highest BCUT2D eigenvalue weighted by Crippen LogP contribution is 2.35. The van der Waals surface area contributed by atoms with E-state index in [1.807, 2.05) is 13.8 Å². The van der Waals surface area contributed by atoms with Gasteiger partial charge >= 0.3 is 0 Å². The van der Waals surface area contributed by atoms with Crippen molar-refractivity contribution in [2.45, 2.75) is 13.8 Å². The number of fused-ring (bicyclic) bond motifs is 1. The Balaban J connectivity index is 1.66. The molecule has 0 radical (unpaired) electrons.